The molecule has 2 aromatic rings. The SMILES string of the molecule is O=C(NC1(C(=O)NC2(C(=O)O)CCCCCC2)CC1)OCC1c2ccccc2-c2ccccc21. The molecule has 5 rings (SSSR count). The largest absolute Gasteiger partial charge is 0.480 e. The second kappa shape index (κ2) is 8.78. The van der Waals surface area contributed by atoms with Gasteiger partial charge in [-0.1, -0.05) is 74.2 Å². The zero-order valence-electron chi connectivity index (χ0n) is 19.1. The Labute approximate surface area is 198 Å². The van der Waals surface area contributed by atoms with Crippen LogP contribution in [0.25, 0.3) is 11.1 Å². The van der Waals surface area contributed by atoms with Crippen LogP contribution in [0.2, 0.25) is 0 Å². The van der Waals surface area contributed by atoms with Crippen molar-refractivity contribution in [2.75, 3.05) is 6.61 Å². The molecule has 7 nitrogen and oxygen atoms in total. The van der Waals surface area contributed by atoms with E-state index in [-0.39, 0.29) is 12.5 Å². The number of benzene rings is 2. The minimum Gasteiger partial charge on any atom is -0.480 e. The molecule has 2 fully saturated rings. The summed E-state index contributed by atoms with van der Waals surface area (Å²) >= 11 is 0. The molecule has 3 aliphatic carbocycles. The van der Waals surface area contributed by atoms with Gasteiger partial charge in [-0.2, -0.15) is 0 Å². The van der Waals surface area contributed by atoms with Crippen molar-refractivity contribution in [1.82, 2.24) is 10.6 Å². The third kappa shape index (κ3) is 4.04. The summed E-state index contributed by atoms with van der Waals surface area (Å²) in [5.41, 5.74) is 2.18. The molecule has 2 amide bonds. The summed E-state index contributed by atoms with van der Waals surface area (Å²) in [5.74, 6) is -1.49. The lowest BCUT2D eigenvalue weighted by molar-refractivity contribution is -0.148. The van der Waals surface area contributed by atoms with E-state index in [2.05, 4.69) is 34.9 Å². The number of ether oxygens (including phenoxy) is 1. The topological polar surface area (TPSA) is 105 Å². The number of amides is 2. The highest BCUT2D eigenvalue weighted by atomic mass is 16.5. The molecule has 2 aromatic carbocycles. The first kappa shape index (κ1) is 22.4. The van der Waals surface area contributed by atoms with E-state index in [1.807, 2.05) is 24.3 Å². The number of carbonyl (C=O) groups is 3. The molecule has 2 saturated carbocycles. The summed E-state index contributed by atoms with van der Waals surface area (Å²) in [6.45, 7) is 0.163. The zero-order valence-corrected chi connectivity index (χ0v) is 19.1. The van der Waals surface area contributed by atoms with E-state index in [1.165, 1.54) is 0 Å². The Morgan fingerprint density at radius 1 is 0.794 bits per heavy atom. The van der Waals surface area contributed by atoms with Gasteiger partial charge in [0.2, 0.25) is 5.91 Å². The minimum atomic E-state index is -1.26. The highest BCUT2D eigenvalue weighted by Gasteiger charge is 2.54. The van der Waals surface area contributed by atoms with Gasteiger partial charge in [0, 0.05) is 5.92 Å². The van der Waals surface area contributed by atoms with Crippen LogP contribution in [0, 0.1) is 0 Å². The van der Waals surface area contributed by atoms with Crippen LogP contribution in [-0.4, -0.2) is 40.8 Å². The standard InChI is InChI=1S/C27H30N2O5/c30-23(28-27(24(31)32)13-7-1-2-8-14-27)26(15-16-26)29-25(33)34-17-22-20-11-5-3-9-18(20)19-10-4-6-12-21(19)22/h3-6,9-12,22H,1-2,7-8,13-17H2,(H,28,30)(H,29,33)(H,31,32). The van der Waals surface area contributed by atoms with Crippen molar-refractivity contribution >= 4 is 18.0 Å². The van der Waals surface area contributed by atoms with Crippen molar-refractivity contribution in [3.05, 3.63) is 59.7 Å². The summed E-state index contributed by atoms with van der Waals surface area (Å²) in [4.78, 5) is 37.9. The molecule has 0 bridgehead atoms. The molecule has 0 saturated heterocycles. The first-order valence-corrected chi connectivity index (χ1v) is 12.1. The number of hydrogen-bond donors (Lipinski definition) is 3. The van der Waals surface area contributed by atoms with Gasteiger partial charge in [0.05, 0.1) is 0 Å². The van der Waals surface area contributed by atoms with Crippen molar-refractivity contribution in [1.29, 1.82) is 0 Å². The fraction of sp³-hybridized carbons (Fsp3) is 0.444. The average Bonchev–Trinajstić information content (AvgIpc) is 3.59. The predicted molar refractivity (Wildman–Crippen MR) is 126 cm³/mol. The summed E-state index contributed by atoms with van der Waals surface area (Å²) < 4.78 is 5.60. The lowest BCUT2D eigenvalue weighted by Gasteiger charge is -2.31. The maximum Gasteiger partial charge on any atom is 0.408 e. The van der Waals surface area contributed by atoms with Gasteiger partial charge in [-0.25, -0.2) is 9.59 Å². The van der Waals surface area contributed by atoms with Crippen LogP contribution in [0.4, 0.5) is 4.79 Å². The number of aliphatic carboxylic acids is 1. The van der Waals surface area contributed by atoms with Crippen molar-refractivity contribution in [3.63, 3.8) is 0 Å². The minimum absolute atomic E-state index is 0.0663. The molecule has 3 aliphatic rings. The number of fused-ring (bicyclic) bond motifs is 3. The molecule has 0 spiro atoms. The number of nitrogens with one attached hydrogen (secondary N) is 2. The number of rotatable bonds is 6. The van der Waals surface area contributed by atoms with Crippen molar-refractivity contribution < 1.29 is 24.2 Å². The lowest BCUT2D eigenvalue weighted by atomic mass is 9.89. The maximum atomic E-state index is 13.1. The predicted octanol–water partition coefficient (Wildman–Crippen LogP) is 4.35. The highest BCUT2D eigenvalue weighted by molar-refractivity contribution is 5.96. The summed E-state index contributed by atoms with van der Waals surface area (Å²) in [6.07, 6.45) is 4.57. The smallest absolute Gasteiger partial charge is 0.408 e. The zero-order chi connectivity index (χ0) is 23.8. The lowest BCUT2D eigenvalue weighted by Crippen LogP contribution is -2.60. The Kier molecular flexibility index (Phi) is 5.80. The van der Waals surface area contributed by atoms with Gasteiger partial charge in [-0.15, -0.1) is 0 Å². The van der Waals surface area contributed by atoms with Crippen LogP contribution >= 0.6 is 0 Å². The first-order chi connectivity index (χ1) is 16.4. The Morgan fingerprint density at radius 2 is 1.35 bits per heavy atom. The number of hydrogen-bond acceptors (Lipinski definition) is 4. The van der Waals surface area contributed by atoms with E-state index >= 15 is 0 Å². The summed E-state index contributed by atoms with van der Waals surface area (Å²) in [6, 6.07) is 16.2. The average molecular weight is 463 g/mol. The van der Waals surface area contributed by atoms with Gasteiger partial charge >= 0.3 is 12.1 Å². The Hall–Kier alpha value is -3.35. The number of alkyl carbamates (subject to hydrolysis) is 1. The van der Waals surface area contributed by atoms with Crippen LogP contribution in [0.1, 0.15) is 68.4 Å². The number of carbonyl (C=O) groups excluding carboxylic acids is 2. The van der Waals surface area contributed by atoms with Crippen molar-refractivity contribution in [2.45, 2.75) is 68.4 Å². The fourth-order valence-electron chi connectivity index (χ4n) is 5.43. The fourth-order valence-corrected chi connectivity index (χ4v) is 5.43. The van der Waals surface area contributed by atoms with Gasteiger partial charge in [0.15, 0.2) is 0 Å². The highest BCUT2D eigenvalue weighted by Crippen LogP contribution is 2.44. The third-order valence-electron chi connectivity index (χ3n) is 7.59. The van der Waals surface area contributed by atoms with Crippen LogP contribution in [0.3, 0.4) is 0 Å². The van der Waals surface area contributed by atoms with Gasteiger partial charge in [0.1, 0.15) is 17.7 Å². The Bertz CT molecular complexity index is 1070. The van der Waals surface area contributed by atoms with Crippen LogP contribution in [-0.2, 0) is 14.3 Å². The first-order valence-electron chi connectivity index (χ1n) is 12.1. The molecule has 0 heterocycles. The molecule has 7 heteroatoms. The van der Waals surface area contributed by atoms with E-state index in [0.29, 0.717) is 25.7 Å². The monoisotopic (exact) mass is 462 g/mol. The molecule has 178 valence electrons. The van der Waals surface area contributed by atoms with Gasteiger partial charge in [-0.3, -0.25) is 4.79 Å². The third-order valence-corrected chi connectivity index (χ3v) is 7.59. The van der Waals surface area contributed by atoms with Crippen molar-refractivity contribution in [2.24, 2.45) is 0 Å². The van der Waals surface area contributed by atoms with E-state index in [1.54, 1.807) is 0 Å². The second-order valence-electron chi connectivity index (χ2n) is 9.79. The molecule has 0 unspecified atom stereocenters. The molecule has 34 heavy (non-hydrogen) atoms. The second-order valence-corrected chi connectivity index (χ2v) is 9.79. The van der Waals surface area contributed by atoms with E-state index in [0.717, 1.165) is 47.9 Å². The summed E-state index contributed by atoms with van der Waals surface area (Å²) in [5, 5.41) is 15.4. The quantitative estimate of drug-likeness (QED) is 0.554. The number of carboxylic acid groups (broad SMARTS) is 1. The van der Waals surface area contributed by atoms with Crippen LogP contribution < -0.4 is 10.6 Å². The number of carboxylic acids is 1. The molecule has 0 atom stereocenters. The molecular weight excluding hydrogens is 432 g/mol. The Morgan fingerprint density at radius 3 is 1.88 bits per heavy atom. The normalized spacial score (nSPS) is 19.8. The molecular formula is C27H30N2O5. The molecule has 3 N–H and O–H groups in total. The maximum absolute atomic E-state index is 13.1. The van der Waals surface area contributed by atoms with E-state index in [4.69, 9.17) is 4.74 Å². The molecule has 0 aliphatic heterocycles. The van der Waals surface area contributed by atoms with Crippen LogP contribution in [0.5, 0.6) is 0 Å². The van der Waals surface area contributed by atoms with E-state index < -0.39 is 29.0 Å². The van der Waals surface area contributed by atoms with Gasteiger partial charge in [0.25, 0.3) is 0 Å². The van der Waals surface area contributed by atoms with E-state index in [9.17, 15) is 19.5 Å². The summed E-state index contributed by atoms with van der Waals surface area (Å²) in [7, 11) is 0. The van der Waals surface area contributed by atoms with Gasteiger partial charge < -0.3 is 20.5 Å². The van der Waals surface area contributed by atoms with Crippen LogP contribution in [0.15, 0.2) is 48.5 Å². The Balaban J connectivity index is 1.24. The van der Waals surface area contributed by atoms with Gasteiger partial charge in [-0.05, 0) is 47.9 Å². The molecule has 0 aromatic heterocycles. The molecule has 0 radical (unpaired) electrons. The van der Waals surface area contributed by atoms with Crippen molar-refractivity contribution in [3.8, 4) is 11.1 Å².